The Morgan fingerprint density at radius 3 is 2.07 bits per heavy atom. The molecule has 0 aliphatic rings. The van der Waals surface area contributed by atoms with Gasteiger partial charge in [0.25, 0.3) is 0 Å². The van der Waals surface area contributed by atoms with E-state index in [1.807, 2.05) is 38.1 Å². The molecule has 84 valence electrons. The van der Waals surface area contributed by atoms with Gasteiger partial charge in [0.1, 0.15) is 0 Å². The van der Waals surface area contributed by atoms with Crippen molar-refractivity contribution in [1.29, 1.82) is 0 Å². The smallest absolute Gasteiger partial charge is 0.0474 e. The highest BCUT2D eigenvalue weighted by atomic mass is 35.5. The van der Waals surface area contributed by atoms with Crippen molar-refractivity contribution in [2.24, 2.45) is 5.73 Å². The van der Waals surface area contributed by atoms with E-state index < -0.39 is 0 Å². The molecule has 1 atom stereocenters. The number of halogens is 2. The Balaban J connectivity index is 3.10. The van der Waals surface area contributed by atoms with Crippen LogP contribution in [0.15, 0.2) is 12.1 Å². The highest BCUT2D eigenvalue weighted by molar-refractivity contribution is 6.36. The van der Waals surface area contributed by atoms with Gasteiger partial charge in [0.2, 0.25) is 0 Å². The Bertz CT molecular complexity index is 325. The maximum Gasteiger partial charge on any atom is 0.0474 e. The molecule has 0 spiro atoms. The predicted octanol–water partition coefficient (Wildman–Crippen LogP) is 2.95. The Labute approximate surface area is 101 Å². The number of benzene rings is 1. The molecule has 0 bridgehead atoms. The third-order valence-electron chi connectivity index (χ3n) is 2.17. The summed E-state index contributed by atoms with van der Waals surface area (Å²) in [6.45, 7) is 1.94. The second-order valence-corrected chi connectivity index (χ2v) is 4.78. The summed E-state index contributed by atoms with van der Waals surface area (Å²) < 4.78 is 0. The lowest BCUT2D eigenvalue weighted by molar-refractivity contribution is 0.738. The van der Waals surface area contributed by atoms with Crippen LogP contribution in [0.3, 0.4) is 0 Å². The molecular weight excluding hydrogens is 231 g/mol. The van der Waals surface area contributed by atoms with Crippen LogP contribution in [0.5, 0.6) is 0 Å². The van der Waals surface area contributed by atoms with Crippen LogP contribution >= 0.6 is 23.2 Å². The third kappa shape index (κ3) is 3.26. The minimum atomic E-state index is 0.0604. The first-order valence-corrected chi connectivity index (χ1v) is 5.58. The fourth-order valence-corrected chi connectivity index (χ4v) is 1.99. The molecule has 0 radical (unpaired) electrons. The lowest BCUT2D eigenvalue weighted by Gasteiger charge is -2.16. The maximum atomic E-state index is 6.16. The highest BCUT2D eigenvalue weighted by Gasteiger charge is 2.10. The molecule has 1 aromatic rings. The van der Waals surface area contributed by atoms with Gasteiger partial charge in [0.05, 0.1) is 0 Å². The quantitative estimate of drug-likeness (QED) is 0.889. The average Bonchev–Trinajstić information content (AvgIpc) is 2.10. The molecule has 2 N–H and O–H groups in total. The molecule has 0 fully saturated rings. The second kappa shape index (κ2) is 5.06. The molecule has 15 heavy (non-hydrogen) atoms. The van der Waals surface area contributed by atoms with Gasteiger partial charge in [-0.15, -0.1) is 0 Å². The molecule has 4 heteroatoms. The van der Waals surface area contributed by atoms with Crippen LogP contribution < -0.4 is 10.6 Å². The predicted molar refractivity (Wildman–Crippen MR) is 68.1 cm³/mol. The van der Waals surface area contributed by atoms with Crippen molar-refractivity contribution in [3.8, 4) is 0 Å². The minimum absolute atomic E-state index is 0.0604. The molecule has 2 nitrogen and oxygen atoms in total. The van der Waals surface area contributed by atoms with Crippen LogP contribution in [0.25, 0.3) is 0 Å². The van der Waals surface area contributed by atoms with Crippen LogP contribution in [-0.4, -0.2) is 20.1 Å². The number of hydrogen-bond acceptors (Lipinski definition) is 2. The van der Waals surface area contributed by atoms with E-state index >= 15 is 0 Å². The van der Waals surface area contributed by atoms with Crippen molar-refractivity contribution in [2.45, 2.75) is 19.4 Å². The van der Waals surface area contributed by atoms with E-state index in [4.69, 9.17) is 28.9 Å². The first-order valence-electron chi connectivity index (χ1n) is 4.82. The topological polar surface area (TPSA) is 29.3 Å². The van der Waals surface area contributed by atoms with E-state index in [2.05, 4.69) is 0 Å². The zero-order valence-corrected chi connectivity index (χ0v) is 10.7. The molecule has 0 aliphatic heterocycles. The molecule has 1 rings (SSSR count). The van der Waals surface area contributed by atoms with Gasteiger partial charge in [-0.05, 0) is 31.0 Å². The number of anilines is 1. The van der Waals surface area contributed by atoms with Crippen molar-refractivity contribution < 1.29 is 0 Å². The van der Waals surface area contributed by atoms with E-state index in [9.17, 15) is 0 Å². The molecule has 0 unspecified atom stereocenters. The largest absolute Gasteiger partial charge is 0.378 e. The normalized spacial score (nSPS) is 12.7. The molecule has 0 saturated carbocycles. The second-order valence-electron chi connectivity index (χ2n) is 3.96. The monoisotopic (exact) mass is 246 g/mol. The Morgan fingerprint density at radius 2 is 1.73 bits per heavy atom. The van der Waals surface area contributed by atoms with Gasteiger partial charge in [-0.2, -0.15) is 0 Å². The number of nitrogens with two attached hydrogens (primary N) is 1. The number of nitrogens with zero attached hydrogens (tertiary/aromatic N) is 1. The Morgan fingerprint density at radius 1 is 1.27 bits per heavy atom. The summed E-state index contributed by atoms with van der Waals surface area (Å²) in [5.41, 5.74) is 7.66. The lowest BCUT2D eigenvalue weighted by Crippen LogP contribution is -2.18. The first-order chi connectivity index (χ1) is 6.91. The summed E-state index contributed by atoms with van der Waals surface area (Å²) in [5.74, 6) is 0. The molecule has 0 heterocycles. The Hall–Kier alpha value is -0.440. The van der Waals surface area contributed by atoms with Gasteiger partial charge in [-0.25, -0.2) is 0 Å². The van der Waals surface area contributed by atoms with Gasteiger partial charge in [0.15, 0.2) is 0 Å². The fraction of sp³-hybridized carbons (Fsp3) is 0.455. The van der Waals surface area contributed by atoms with Crippen LogP contribution in [0.1, 0.15) is 12.5 Å². The van der Waals surface area contributed by atoms with Gasteiger partial charge in [-0.3, -0.25) is 0 Å². The van der Waals surface area contributed by atoms with Gasteiger partial charge < -0.3 is 10.6 Å². The molecule has 0 amide bonds. The van der Waals surface area contributed by atoms with E-state index in [1.165, 1.54) is 0 Å². The number of hydrogen-bond donors (Lipinski definition) is 1. The summed E-state index contributed by atoms with van der Waals surface area (Å²) in [5, 5.41) is 1.37. The zero-order valence-electron chi connectivity index (χ0n) is 9.22. The standard InChI is InChI=1S/C11H16Cl2N2/c1-7(14)4-9-10(12)5-8(15(2)3)6-11(9)13/h5-7H,4,14H2,1-3H3/t7-/m1/s1. The van der Waals surface area contributed by atoms with Crippen LogP contribution in [0.2, 0.25) is 10.0 Å². The first kappa shape index (κ1) is 12.6. The van der Waals surface area contributed by atoms with Crippen molar-refractivity contribution in [2.75, 3.05) is 19.0 Å². The van der Waals surface area contributed by atoms with Gasteiger partial charge in [0, 0.05) is 35.9 Å². The Kier molecular flexibility index (Phi) is 4.26. The molecule has 1 aromatic carbocycles. The van der Waals surface area contributed by atoms with Crippen molar-refractivity contribution in [1.82, 2.24) is 0 Å². The van der Waals surface area contributed by atoms with Crippen LogP contribution in [0.4, 0.5) is 5.69 Å². The maximum absolute atomic E-state index is 6.16. The number of rotatable bonds is 3. The summed E-state index contributed by atoms with van der Waals surface area (Å²) in [7, 11) is 3.90. The van der Waals surface area contributed by atoms with E-state index in [0.717, 1.165) is 11.3 Å². The van der Waals surface area contributed by atoms with Crippen molar-refractivity contribution in [3.63, 3.8) is 0 Å². The van der Waals surface area contributed by atoms with E-state index in [1.54, 1.807) is 0 Å². The highest BCUT2D eigenvalue weighted by Crippen LogP contribution is 2.30. The van der Waals surface area contributed by atoms with Crippen LogP contribution in [-0.2, 0) is 6.42 Å². The fourth-order valence-electron chi connectivity index (χ4n) is 1.36. The third-order valence-corrected chi connectivity index (χ3v) is 2.84. The molecule has 0 aliphatic carbocycles. The van der Waals surface area contributed by atoms with E-state index in [0.29, 0.717) is 16.5 Å². The zero-order chi connectivity index (χ0) is 11.6. The molecule has 0 aromatic heterocycles. The summed E-state index contributed by atoms with van der Waals surface area (Å²) in [6.07, 6.45) is 0.700. The van der Waals surface area contributed by atoms with Crippen LogP contribution in [0, 0.1) is 0 Å². The molecule has 0 saturated heterocycles. The average molecular weight is 247 g/mol. The van der Waals surface area contributed by atoms with Crippen molar-refractivity contribution >= 4 is 28.9 Å². The molecular formula is C11H16Cl2N2. The van der Waals surface area contributed by atoms with Gasteiger partial charge in [-0.1, -0.05) is 23.2 Å². The summed E-state index contributed by atoms with van der Waals surface area (Å²) in [6, 6.07) is 3.88. The van der Waals surface area contributed by atoms with Gasteiger partial charge >= 0.3 is 0 Å². The lowest BCUT2D eigenvalue weighted by atomic mass is 10.1. The van der Waals surface area contributed by atoms with E-state index in [-0.39, 0.29) is 6.04 Å². The summed E-state index contributed by atoms with van der Waals surface area (Å²) in [4.78, 5) is 1.97. The minimum Gasteiger partial charge on any atom is -0.378 e. The SMILES string of the molecule is C[C@@H](N)Cc1c(Cl)cc(N(C)C)cc1Cl. The van der Waals surface area contributed by atoms with Crippen molar-refractivity contribution in [3.05, 3.63) is 27.7 Å². The summed E-state index contributed by atoms with van der Waals surface area (Å²) >= 11 is 12.3.